The summed E-state index contributed by atoms with van der Waals surface area (Å²) in [6.45, 7) is 6.53. The predicted molar refractivity (Wildman–Crippen MR) is 87.0 cm³/mol. The van der Waals surface area contributed by atoms with E-state index in [4.69, 9.17) is 5.73 Å². The summed E-state index contributed by atoms with van der Waals surface area (Å²) in [6.07, 6.45) is 1.67. The first-order valence-corrected chi connectivity index (χ1v) is 8.10. The van der Waals surface area contributed by atoms with E-state index in [1.54, 1.807) is 0 Å². The van der Waals surface area contributed by atoms with Crippen LogP contribution in [0.15, 0.2) is 30.3 Å². The number of aliphatic hydroxyl groups is 1. The molecule has 1 aliphatic heterocycles. The number of hydrogen-bond acceptors (Lipinski definition) is 4. The van der Waals surface area contributed by atoms with Crippen LogP contribution >= 0.6 is 0 Å². The Labute approximate surface area is 128 Å². The zero-order chi connectivity index (χ0) is 15.1. The summed E-state index contributed by atoms with van der Waals surface area (Å²) in [5, 5.41) is 13.8. The second-order valence-corrected chi connectivity index (χ2v) is 6.08. The van der Waals surface area contributed by atoms with Crippen molar-refractivity contribution >= 4 is 0 Å². The summed E-state index contributed by atoms with van der Waals surface area (Å²) in [5.41, 5.74) is 7.01. The van der Waals surface area contributed by atoms with Crippen LogP contribution in [-0.4, -0.2) is 48.3 Å². The molecule has 1 aromatic rings. The van der Waals surface area contributed by atoms with Crippen LogP contribution < -0.4 is 11.1 Å². The Kier molecular flexibility index (Phi) is 6.64. The number of nitrogens with one attached hydrogen (secondary N) is 1. The Morgan fingerprint density at radius 2 is 2.10 bits per heavy atom. The van der Waals surface area contributed by atoms with Crippen molar-refractivity contribution in [2.75, 3.05) is 26.2 Å². The minimum atomic E-state index is -0.202. The van der Waals surface area contributed by atoms with Crippen molar-refractivity contribution in [2.24, 2.45) is 11.7 Å². The average molecular weight is 291 g/mol. The lowest BCUT2D eigenvalue weighted by atomic mass is 9.88. The lowest BCUT2D eigenvalue weighted by molar-refractivity contribution is 0.0364. The van der Waals surface area contributed by atoms with Crippen molar-refractivity contribution in [2.45, 2.75) is 38.5 Å². The van der Waals surface area contributed by atoms with Gasteiger partial charge in [-0.3, -0.25) is 0 Å². The van der Waals surface area contributed by atoms with Crippen LogP contribution in [0, 0.1) is 5.92 Å². The van der Waals surface area contributed by atoms with Crippen LogP contribution in [0.4, 0.5) is 0 Å². The second-order valence-electron chi connectivity index (χ2n) is 6.08. The molecule has 1 aromatic carbocycles. The van der Waals surface area contributed by atoms with E-state index in [1.807, 2.05) is 6.07 Å². The molecule has 3 atom stereocenters. The number of piperidine rings is 1. The smallest absolute Gasteiger partial charge is 0.0578 e. The molecule has 0 saturated carbocycles. The Morgan fingerprint density at radius 1 is 1.33 bits per heavy atom. The van der Waals surface area contributed by atoms with Crippen molar-refractivity contribution in [3.63, 3.8) is 0 Å². The zero-order valence-electron chi connectivity index (χ0n) is 13.0. The topological polar surface area (TPSA) is 61.5 Å². The van der Waals surface area contributed by atoms with Crippen LogP contribution in [0.2, 0.25) is 0 Å². The maximum atomic E-state index is 10.2. The predicted octanol–water partition coefficient (Wildman–Crippen LogP) is 1.20. The van der Waals surface area contributed by atoms with Gasteiger partial charge in [0.1, 0.15) is 0 Å². The first-order valence-electron chi connectivity index (χ1n) is 8.10. The van der Waals surface area contributed by atoms with Gasteiger partial charge in [-0.1, -0.05) is 37.3 Å². The van der Waals surface area contributed by atoms with E-state index in [-0.39, 0.29) is 6.10 Å². The molecular formula is C17H29N3O. The first-order chi connectivity index (χ1) is 10.2. The van der Waals surface area contributed by atoms with Crippen molar-refractivity contribution in [1.82, 2.24) is 10.2 Å². The Bertz CT molecular complexity index is 398. The van der Waals surface area contributed by atoms with Crippen molar-refractivity contribution in [1.29, 1.82) is 0 Å². The molecule has 4 nitrogen and oxygen atoms in total. The minimum absolute atomic E-state index is 0.202. The van der Waals surface area contributed by atoms with Gasteiger partial charge in [0.25, 0.3) is 0 Å². The highest BCUT2D eigenvalue weighted by molar-refractivity contribution is 5.14. The maximum absolute atomic E-state index is 10.2. The molecule has 1 fully saturated rings. The summed E-state index contributed by atoms with van der Waals surface area (Å²) in [7, 11) is 0. The van der Waals surface area contributed by atoms with Crippen LogP contribution in [-0.2, 0) is 6.54 Å². The maximum Gasteiger partial charge on any atom is 0.0578 e. The lowest BCUT2D eigenvalue weighted by Gasteiger charge is -2.39. The molecule has 0 amide bonds. The van der Waals surface area contributed by atoms with E-state index < -0.39 is 0 Å². The first kappa shape index (κ1) is 16.4. The summed E-state index contributed by atoms with van der Waals surface area (Å²) < 4.78 is 0. The summed E-state index contributed by atoms with van der Waals surface area (Å²) in [5.74, 6) is 0.351. The van der Waals surface area contributed by atoms with E-state index in [1.165, 1.54) is 5.56 Å². The molecule has 4 N–H and O–H groups in total. The molecule has 3 unspecified atom stereocenters. The fourth-order valence-electron chi connectivity index (χ4n) is 3.22. The van der Waals surface area contributed by atoms with Gasteiger partial charge >= 0.3 is 0 Å². The number of nitrogens with two attached hydrogens (primary N) is 1. The Hall–Kier alpha value is -0.940. The lowest BCUT2D eigenvalue weighted by Crippen LogP contribution is -2.52. The number of aliphatic hydroxyl groups excluding tert-OH is 1. The molecule has 2 rings (SSSR count). The minimum Gasteiger partial charge on any atom is -0.393 e. The molecular weight excluding hydrogens is 262 g/mol. The fraction of sp³-hybridized carbons (Fsp3) is 0.647. The van der Waals surface area contributed by atoms with Gasteiger partial charge in [-0.2, -0.15) is 0 Å². The van der Waals surface area contributed by atoms with Gasteiger partial charge in [-0.05, 0) is 24.3 Å². The third-order valence-electron chi connectivity index (χ3n) is 4.40. The highest BCUT2D eigenvalue weighted by Gasteiger charge is 2.30. The van der Waals surface area contributed by atoms with Crippen LogP contribution in [0.3, 0.4) is 0 Å². The molecule has 4 heteroatoms. The molecule has 21 heavy (non-hydrogen) atoms. The molecule has 1 saturated heterocycles. The van der Waals surface area contributed by atoms with Crippen LogP contribution in [0.1, 0.15) is 25.3 Å². The van der Waals surface area contributed by atoms with E-state index in [2.05, 4.69) is 41.4 Å². The quantitative estimate of drug-likeness (QED) is 0.706. The monoisotopic (exact) mass is 291 g/mol. The Balaban J connectivity index is 1.90. The molecule has 1 aliphatic rings. The highest BCUT2D eigenvalue weighted by atomic mass is 16.3. The summed E-state index contributed by atoms with van der Waals surface area (Å²) in [4.78, 5) is 2.38. The largest absolute Gasteiger partial charge is 0.393 e. The Morgan fingerprint density at radius 3 is 2.76 bits per heavy atom. The van der Waals surface area contributed by atoms with Crippen LogP contribution in [0.25, 0.3) is 0 Å². The van der Waals surface area contributed by atoms with Crippen LogP contribution in [0.5, 0.6) is 0 Å². The zero-order valence-corrected chi connectivity index (χ0v) is 13.0. The standard InChI is InChI=1S/C17H29N3O/c1-2-17(21)15-10-16(13-20(12-15)9-8-18)19-11-14-6-4-3-5-7-14/h3-7,15-17,19,21H,2,8-13,18H2,1H3. The average Bonchev–Trinajstić information content (AvgIpc) is 2.53. The molecule has 0 aliphatic carbocycles. The SMILES string of the molecule is CCC(O)C1CC(NCc2ccccc2)CN(CCN)C1. The van der Waals surface area contributed by atoms with E-state index in [0.717, 1.165) is 39.0 Å². The number of hydrogen-bond donors (Lipinski definition) is 3. The van der Waals surface area contributed by atoms with Gasteiger partial charge < -0.3 is 21.1 Å². The number of nitrogens with zero attached hydrogens (tertiary/aromatic N) is 1. The fourth-order valence-corrected chi connectivity index (χ4v) is 3.22. The number of rotatable bonds is 7. The van der Waals surface area contributed by atoms with E-state index in [9.17, 15) is 5.11 Å². The second kappa shape index (κ2) is 8.49. The van der Waals surface area contributed by atoms with Gasteiger partial charge in [0.15, 0.2) is 0 Å². The third kappa shape index (κ3) is 5.08. The van der Waals surface area contributed by atoms with Crippen molar-refractivity contribution in [3.05, 3.63) is 35.9 Å². The molecule has 0 aromatic heterocycles. The molecule has 0 radical (unpaired) electrons. The summed E-state index contributed by atoms with van der Waals surface area (Å²) >= 11 is 0. The van der Waals surface area contributed by atoms with Gasteiger partial charge in [-0.25, -0.2) is 0 Å². The summed E-state index contributed by atoms with van der Waals surface area (Å²) in [6, 6.07) is 10.9. The van der Waals surface area contributed by atoms with Gasteiger partial charge in [0, 0.05) is 38.8 Å². The molecule has 0 bridgehead atoms. The highest BCUT2D eigenvalue weighted by Crippen LogP contribution is 2.22. The third-order valence-corrected chi connectivity index (χ3v) is 4.40. The van der Waals surface area contributed by atoms with Gasteiger partial charge in [-0.15, -0.1) is 0 Å². The van der Waals surface area contributed by atoms with Gasteiger partial charge in [0.05, 0.1) is 6.10 Å². The normalized spacial score (nSPS) is 24.9. The molecule has 118 valence electrons. The van der Waals surface area contributed by atoms with E-state index >= 15 is 0 Å². The number of benzene rings is 1. The molecule has 1 heterocycles. The number of likely N-dealkylation sites (tertiary alicyclic amines) is 1. The van der Waals surface area contributed by atoms with E-state index in [0.29, 0.717) is 18.5 Å². The van der Waals surface area contributed by atoms with Crippen molar-refractivity contribution in [3.8, 4) is 0 Å². The van der Waals surface area contributed by atoms with Gasteiger partial charge in [0.2, 0.25) is 0 Å². The van der Waals surface area contributed by atoms with Crippen molar-refractivity contribution < 1.29 is 5.11 Å². The molecule has 0 spiro atoms.